The lowest BCUT2D eigenvalue weighted by atomic mass is 10.1. The van der Waals surface area contributed by atoms with Crippen LogP contribution in [0, 0.1) is 0 Å². The van der Waals surface area contributed by atoms with Crippen molar-refractivity contribution in [2.24, 2.45) is 0 Å². The summed E-state index contributed by atoms with van der Waals surface area (Å²) in [6, 6.07) is 11.6. The van der Waals surface area contributed by atoms with E-state index < -0.39 is 11.7 Å². The van der Waals surface area contributed by atoms with Crippen molar-refractivity contribution in [1.29, 1.82) is 0 Å². The third kappa shape index (κ3) is 4.04. The first-order chi connectivity index (χ1) is 14.3. The van der Waals surface area contributed by atoms with Gasteiger partial charge in [0.05, 0.1) is 36.7 Å². The molecule has 0 unspecified atom stereocenters. The van der Waals surface area contributed by atoms with Gasteiger partial charge in [0.25, 0.3) is 0 Å². The summed E-state index contributed by atoms with van der Waals surface area (Å²) in [6.45, 7) is -0.0927. The van der Waals surface area contributed by atoms with E-state index in [4.69, 9.17) is 16.0 Å². The summed E-state index contributed by atoms with van der Waals surface area (Å²) in [7, 11) is 0. The molecule has 1 aromatic carbocycles. The van der Waals surface area contributed by atoms with Gasteiger partial charge in [-0.3, -0.25) is 9.20 Å². The van der Waals surface area contributed by atoms with E-state index in [-0.39, 0.29) is 40.9 Å². The summed E-state index contributed by atoms with van der Waals surface area (Å²) in [5.74, 6) is -0.288. The Balaban J connectivity index is 1.65. The molecule has 4 aromatic rings. The van der Waals surface area contributed by atoms with Gasteiger partial charge in [-0.15, -0.1) is 0 Å². The van der Waals surface area contributed by atoms with Gasteiger partial charge in [0.1, 0.15) is 5.15 Å². The van der Waals surface area contributed by atoms with E-state index in [1.54, 1.807) is 6.07 Å². The summed E-state index contributed by atoms with van der Waals surface area (Å²) in [5.41, 5.74) is 0.470. The van der Waals surface area contributed by atoms with Crippen LogP contribution in [0.1, 0.15) is 16.8 Å². The molecule has 3 heterocycles. The van der Waals surface area contributed by atoms with Crippen LogP contribution in [-0.4, -0.2) is 15.3 Å². The predicted octanol–water partition coefficient (Wildman–Crippen LogP) is 5.13. The molecule has 1 N–H and O–H groups in total. The number of aromatic nitrogens is 2. The Hall–Kier alpha value is -3.26. The van der Waals surface area contributed by atoms with Gasteiger partial charge in [-0.25, -0.2) is 4.98 Å². The Kier molecular flexibility index (Phi) is 5.26. The molecule has 4 rings (SSSR count). The number of carbonyl (C=O) groups is 1. The number of hydrogen-bond acceptors (Lipinski definition) is 3. The van der Waals surface area contributed by atoms with Gasteiger partial charge >= 0.3 is 6.18 Å². The molecule has 9 heteroatoms. The van der Waals surface area contributed by atoms with Crippen LogP contribution in [0.15, 0.2) is 65.6 Å². The molecule has 0 aliphatic carbocycles. The fourth-order valence-corrected chi connectivity index (χ4v) is 3.34. The zero-order valence-electron chi connectivity index (χ0n) is 15.4. The largest absolute Gasteiger partial charge is 0.472 e. The number of fused-ring (bicyclic) bond motifs is 1. The first-order valence-corrected chi connectivity index (χ1v) is 9.31. The fourth-order valence-electron chi connectivity index (χ4n) is 3.10. The van der Waals surface area contributed by atoms with Crippen molar-refractivity contribution in [2.45, 2.75) is 19.1 Å². The molecular weight excluding hydrogens is 419 g/mol. The zero-order chi connectivity index (χ0) is 21.3. The van der Waals surface area contributed by atoms with Crippen LogP contribution in [0.3, 0.4) is 0 Å². The van der Waals surface area contributed by atoms with Gasteiger partial charge in [0.15, 0.2) is 5.65 Å². The Morgan fingerprint density at radius 2 is 1.93 bits per heavy atom. The number of nitrogens with one attached hydrogen (secondary N) is 1. The molecule has 0 spiro atoms. The summed E-state index contributed by atoms with van der Waals surface area (Å²) in [4.78, 5) is 16.2. The lowest BCUT2D eigenvalue weighted by Crippen LogP contribution is -2.24. The van der Waals surface area contributed by atoms with Gasteiger partial charge in [0, 0.05) is 17.3 Å². The second kappa shape index (κ2) is 7.87. The zero-order valence-corrected chi connectivity index (χ0v) is 16.2. The van der Waals surface area contributed by atoms with Crippen LogP contribution in [0.4, 0.5) is 13.2 Å². The topological polar surface area (TPSA) is 59.5 Å². The third-order valence-electron chi connectivity index (χ3n) is 4.55. The highest BCUT2D eigenvalue weighted by molar-refractivity contribution is 6.30. The molecule has 0 saturated carbocycles. The number of carbonyl (C=O) groups excluding carboxylic acids is 1. The smallest absolute Gasteiger partial charge is 0.420 e. The highest BCUT2D eigenvalue weighted by Crippen LogP contribution is 2.37. The SMILES string of the molecule is O=C(Cc1ccccc1)NCc1nc2c(C(F)(F)F)cc(-c3ccoc3)cn2c1Cl. The number of halogens is 4. The predicted molar refractivity (Wildman–Crippen MR) is 105 cm³/mol. The van der Waals surface area contributed by atoms with E-state index in [1.165, 1.54) is 23.1 Å². The van der Waals surface area contributed by atoms with Crippen LogP contribution in [0.2, 0.25) is 5.15 Å². The molecule has 0 fully saturated rings. The van der Waals surface area contributed by atoms with E-state index in [0.717, 1.165) is 11.6 Å². The van der Waals surface area contributed by atoms with E-state index in [0.29, 0.717) is 5.56 Å². The molecule has 0 atom stereocenters. The van der Waals surface area contributed by atoms with Crippen LogP contribution in [0.25, 0.3) is 16.8 Å². The quantitative estimate of drug-likeness (QED) is 0.475. The van der Waals surface area contributed by atoms with Crippen LogP contribution < -0.4 is 5.32 Å². The number of imidazole rings is 1. The number of pyridine rings is 1. The standard InChI is InChI=1S/C21H15ClF3N3O2/c22-19-17(10-26-18(29)8-13-4-2-1-3-5-13)27-20-16(21(23,24)25)9-15(11-28(19)20)14-6-7-30-12-14/h1-7,9,11-12H,8,10H2,(H,26,29). The molecule has 0 saturated heterocycles. The minimum atomic E-state index is -4.64. The second-order valence-corrected chi connectivity index (χ2v) is 6.99. The Morgan fingerprint density at radius 3 is 2.60 bits per heavy atom. The van der Waals surface area contributed by atoms with Crippen LogP contribution >= 0.6 is 11.6 Å². The average molecular weight is 434 g/mol. The summed E-state index contributed by atoms with van der Waals surface area (Å²) in [5, 5.41) is 2.65. The minimum Gasteiger partial charge on any atom is -0.472 e. The molecule has 5 nitrogen and oxygen atoms in total. The molecule has 0 radical (unpaired) electrons. The lowest BCUT2D eigenvalue weighted by Gasteiger charge is -2.10. The maximum Gasteiger partial charge on any atom is 0.420 e. The molecule has 154 valence electrons. The number of nitrogens with zero attached hydrogens (tertiary/aromatic N) is 2. The maximum absolute atomic E-state index is 13.6. The minimum absolute atomic E-state index is 0.000793. The Bertz CT molecular complexity index is 1190. The van der Waals surface area contributed by atoms with Crippen molar-refractivity contribution in [1.82, 2.24) is 14.7 Å². The fraction of sp³-hybridized carbons (Fsp3) is 0.143. The number of rotatable bonds is 5. The summed E-state index contributed by atoms with van der Waals surface area (Å²) >= 11 is 6.31. The summed E-state index contributed by atoms with van der Waals surface area (Å²) < 4.78 is 47.1. The van der Waals surface area contributed by atoms with Crippen molar-refractivity contribution >= 4 is 23.2 Å². The Labute approximate surface area is 174 Å². The number of alkyl halides is 3. The van der Waals surface area contributed by atoms with Crippen molar-refractivity contribution in [3.63, 3.8) is 0 Å². The van der Waals surface area contributed by atoms with E-state index in [9.17, 15) is 18.0 Å². The third-order valence-corrected chi connectivity index (χ3v) is 4.95. The van der Waals surface area contributed by atoms with E-state index in [2.05, 4.69) is 10.3 Å². The first kappa shape index (κ1) is 20.0. The molecule has 30 heavy (non-hydrogen) atoms. The van der Waals surface area contributed by atoms with Crippen molar-refractivity contribution < 1.29 is 22.4 Å². The maximum atomic E-state index is 13.6. The molecule has 0 bridgehead atoms. The number of amides is 1. The monoisotopic (exact) mass is 433 g/mol. The van der Waals surface area contributed by atoms with E-state index >= 15 is 0 Å². The number of benzene rings is 1. The highest BCUT2D eigenvalue weighted by Gasteiger charge is 2.35. The van der Waals surface area contributed by atoms with Crippen molar-refractivity contribution in [3.8, 4) is 11.1 Å². The van der Waals surface area contributed by atoms with Crippen LogP contribution in [0.5, 0.6) is 0 Å². The molecule has 0 aliphatic rings. The summed E-state index contributed by atoms with van der Waals surface area (Å²) in [6.07, 6.45) is -0.319. The van der Waals surface area contributed by atoms with Gasteiger partial charge in [0.2, 0.25) is 5.91 Å². The molecular formula is C21H15ClF3N3O2. The highest BCUT2D eigenvalue weighted by atomic mass is 35.5. The van der Waals surface area contributed by atoms with Gasteiger partial charge < -0.3 is 9.73 Å². The molecule has 3 aromatic heterocycles. The van der Waals surface area contributed by atoms with E-state index in [1.807, 2.05) is 30.3 Å². The molecule has 1 amide bonds. The average Bonchev–Trinajstić information content (AvgIpc) is 3.34. The Morgan fingerprint density at radius 1 is 1.17 bits per heavy atom. The molecule has 0 aliphatic heterocycles. The normalized spacial score (nSPS) is 11.7. The van der Waals surface area contributed by atoms with Gasteiger partial charge in [-0.2, -0.15) is 13.2 Å². The van der Waals surface area contributed by atoms with Crippen molar-refractivity contribution in [3.05, 3.63) is 83.2 Å². The van der Waals surface area contributed by atoms with Crippen molar-refractivity contribution in [2.75, 3.05) is 0 Å². The second-order valence-electron chi connectivity index (χ2n) is 6.63. The lowest BCUT2D eigenvalue weighted by molar-refractivity contribution is -0.136. The first-order valence-electron chi connectivity index (χ1n) is 8.94. The van der Waals surface area contributed by atoms with Gasteiger partial charge in [-0.05, 0) is 17.7 Å². The number of furan rings is 1. The van der Waals surface area contributed by atoms with Crippen LogP contribution in [-0.2, 0) is 23.9 Å². The number of hydrogen-bond donors (Lipinski definition) is 1. The van der Waals surface area contributed by atoms with Gasteiger partial charge in [-0.1, -0.05) is 41.9 Å².